The first-order valence-electron chi connectivity index (χ1n) is 4.61. The van der Waals surface area contributed by atoms with Crippen molar-refractivity contribution in [3.8, 4) is 0 Å². The molecular weight excluding hydrogens is 196 g/mol. The van der Waals surface area contributed by atoms with Gasteiger partial charge in [0.2, 0.25) is 5.91 Å². The number of benzene rings is 1. The van der Waals surface area contributed by atoms with Gasteiger partial charge < -0.3 is 5.73 Å². The molecule has 15 heavy (non-hydrogen) atoms. The molecule has 0 heterocycles. The Hall–Kier alpha value is -1.91. The largest absolute Gasteiger partial charge is 0.370 e. The lowest BCUT2D eigenvalue weighted by Gasteiger charge is -1.99. The van der Waals surface area contributed by atoms with Gasteiger partial charge in [-0.2, -0.15) is 0 Å². The van der Waals surface area contributed by atoms with E-state index in [0.717, 1.165) is 5.56 Å². The number of nitro benzene ring substituents is 1. The molecule has 0 saturated heterocycles. The second-order valence-corrected chi connectivity index (χ2v) is 3.24. The lowest BCUT2D eigenvalue weighted by atomic mass is 10.1. The van der Waals surface area contributed by atoms with Crippen LogP contribution in [-0.4, -0.2) is 10.8 Å². The van der Waals surface area contributed by atoms with E-state index in [0.29, 0.717) is 19.3 Å². The van der Waals surface area contributed by atoms with E-state index in [1.165, 1.54) is 12.1 Å². The van der Waals surface area contributed by atoms with E-state index >= 15 is 0 Å². The third-order valence-corrected chi connectivity index (χ3v) is 2.04. The number of carbonyl (C=O) groups is 1. The Bertz CT molecular complexity index is 359. The summed E-state index contributed by atoms with van der Waals surface area (Å²) in [5.74, 6) is -0.322. The van der Waals surface area contributed by atoms with Gasteiger partial charge in [-0.15, -0.1) is 0 Å². The van der Waals surface area contributed by atoms with Crippen LogP contribution in [0.25, 0.3) is 0 Å². The Labute approximate surface area is 87.0 Å². The van der Waals surface area contributed by atoms with Crippen molar-refractivity contribution in [2.24, 2.45) is 5.73 Å². The number of rotatable bonds is 5. The molecule has 1 aromatic carbocycles. The van der Waals surface area contributed by atoms with Crippen LogP contribution in [0.3, 0.4) is 0 Å². The van der Waals surface area contributed by atoms with Crippen LogP contribution in [0.2, 0.25) is 0 Å². The first-order valence-corrected chi connectivity index (χ1v) is 4.61. The Morgan fingerprint density at radius 3 is 2.40 bits per heavy atom. The van der Waals surface area contributed by atoms with Crippen LogP contribution in [-0.2, 0) is 11.2 Å². The molecule has 0 bridgehead atoms. The van der Waals surface area contributed by atoms with E-state index in [1.807, 2.05) is 0 Å². The number of carbonyl (C=O) groups excluding carboxylic acids is 1. The second-order valence-electron chi connectivity index (χ2n) is 3.24. The van der Waals surface area contributed by atoms with Crippen molar-refractivity contribution in [1.82, 2.24) is 0 Å². The van der Waals surface area contributed by atoms with Crippen LogP contribution >= 0.6 is 0 Å². The summed E-state index contributed by atoms with van der Waals surface area (Å²) in [5.41, 5.74) is 6.04. The Morgan fingerprint density at radius 2 is 1.93 bits per heavy atom. The topological polar surface area (TPSA) is 86.2 Å². The van der Waals surface area contributed by atoms with Crippen LogP contribution in [0.1, 0.15) is 18.4 Å². The summed E-state index contributed by atoms with van der Waals surface area (Å²) < 4.78 is 0. The number of aryl methyl sites for hydroxylation is 1. The van der Waals surface area contributed by atoms with Gasteiger partial charge in [-0.25, -0.2) is 0 Å². The third-order valence-electron chi connectivity index (χ3n) is 2.04. The molecule has 5 nitrogen and oxygen atoms in total. The number of amides is 1. The highest BCUT2D eigenvalue weighted by Crippen LogP contribution is 2.13. The first-order chi connectivity index (χ1) is 7.09. The number of nitrogens with zero attached hydrogens (tertiary/aromatic N) is 1. The first kappa shape index (κ1) is 11.2. The highest BCUT2D eigenvalue weighted by atomic mass is 16.6. The van der Waals surface area contributed by atoms with Gasteiger partial charge in [-0.1, -0.05) is 12.1 Å². The Balaban J connectivity index is 2.50. The molecule has 0 aliphatic heterocycles. The fraction of sp³-hybridized carbons (Fsp3) is 0.300. The fourth-order valence-corrected chi connectivity index (χ4v) is 1.25. The molecule has 5 heteroatoms. The van der Waals surface area contributed by atoms with Crippen LogP contribution in [0, 0.1) is 10.1 Å². The average molecular weight is 208 g/mol. The second kappa shape index (κ2) is 5.09. The van der Waals surface area contributed by atoms with Crippen molar-refractivity contribution in [2.75, 3.05) is 0 Å². The number of hydrogen-bond donors (Lipinski definition) is 1. The normalized spacial score (nSPS) is 9.87. The minimum absolute atomic E-state index is 0.0775. The van der Waals surface area contributed by atoms with E-state index in [1.54, 1.807) is 12.1 Å². The molecule has 0 aliphatic carbocycles. The standard InChI is InChI=1S/C10H12N2O3/c11-10(13)3-1-2-8-4-6-9(7-5-8)12(14)15/h4-7H,1-3H2,(H2,11,13). The SMILES string of the molecule is NC(=O)CCCc1ccc([N+](=O)[O-])cc1. The Kier molecular flexibility index (Phi) is 3.79. The smallest absolute Gasteiger partial charge is 0.269 e. The van der Waals surface area contributed by atoms with Crippen LogP contribution in [0.4, 0.5) is 5.69 Å². The quantitative estimate of drug-likeness (QED) is 0.586. The zero-order chi connectivity index (χ0) is 11.3. The van der Waals surface area contributed by atoms with Gasteiger partial charge in [0.1, 0.15) is 0 Å². The van der Waals surface area contributed by atoms with Crippen LogP contribution in [0.15, 0.2) is 24.3 Å². The number of primary amides is 1. The van der Waals surface area contributed by atoms with Crippen molar-refractivity contribution in [3.05, 3.63) is 39.9 Å². The van der Waals surface area contributed by atoms with Crippen molar-refractivity contribution >= 4 is 11.6 Å². The lowest BCUT2D eigenvalue weighted by Crippen LogP contribution is -2.10. The lowest BCUT2D eigenvalue weighted by molar-refractivity contribution is -0.384. The van der Waals surface area contributed by atoms with E-state index in [9.17, 15) is 14.9 Å². The monoisotopic (exact) mass is 208 g/mol. The molecule has 0 saturated carbocycles. The molecule has 0 aliphatic rings. The molecule has 0 atom stereocenters. The molecule has 0 radical (unpaired) electrons. The molecule has 1 aromatic rings. The molecule has 0 spiro atoms. The number of nitrogens with two attached hydrogens (primary N) is 1. The van der Waals surface area contributed by atoms with Crippen molar-refractivity contribution in [1.29, 1.82) is 0 Å². The van der Waals surface area contributed by atoms with Gasteiger partial charge in [0.15, 0.2) is 0 Å². The maximum Gasteiger partial charge on any atom is 0.269 e. The average Bonchev–Trinajstić information content (AvgIpc) is 2.18. The highest BCUT2D eigenvalue weighted by Gasteiger charge is 2.03. The van der Waals surface area contributed by atoms with Crippen molar-refractivity contribution < 1.29 is 9.72 Å². The summed E-state index contributed by atoms with van der Waals surface area (Å²) in [4.78, 5) is 20.4. The van der Waals surface area contributed by atoms with Crippen LogP contribution in [0.5, 0.6) is 0 Å². The van der Waals surface area contributed by atoms with E-state index in [-0.39, 0.29) is 11.6 Å². The van der Waals surface area contributed by atoms with Crippen LogP contribution < -0.4 is 5.73 Å². The number of nitro groups is 1. The summed E-state index contributed by atoms with van der Waals surface area (Å²) in [7, 11) is 0. The summed E-state index contributed by atoms with van der Waals surface area (Å²) in [6.07, 6.45) is 1.73. The van der Waals surface area contributed by atoms with E-state index in [2.05, 4.69) is 0 Å². The zero-order valence-electron chi connectivity index (χ0n) is 8.18. The summed E-state index contributed by atoms with van der Waals surface area (Å²) >= 11 is 0. The van der Waals surface area contributed by atoms with Gasteiger partial charge in [-0.3, -0.25) is 14.9 Å². The molecule has 1 rings (SSSR count). The number of non-ortho nitro benzene ring substituents is 1. The van der Waals surface area contributed by atoms with Gasteiger partial charge in [0.25, 0.3) is 5.69 Å². The molecular formula is C10H12N2O3. The summed E-state index contributed by atoms with van der Waals surface area (Å²) in [6, 6.07) is 6.30. The summed E-state index contributed by atoms with van der Waals surface area (Å²) in [5, 5.41) is 10.4. The minimum atomic E-state index is -0.437. The summed E-state index contributed by atoms with van der Waals surface area (Å²) in [6.45, 7) is 0. The van der Waals surface area contributed by atoms with Gasteiger partial charge >= 0.3 is 0 Å². The Morgan fingerprint density at radius 1 is 1.33 bits per heavy atom. The van der Waals surface area contributed by atoms with Gasteiger partial charge in [0.05, 0.1) is 4.92 Å². The molecule has 0 unspecified atom stereocenters. The fourth-order valence-electron chi connectivity index (χ4n) is 1.25. The predicted molar refractivity (Wildman–Crippen MR) is 55.2 cm³/mol. The van der Waals surface area contributed by atoms with Gasteiger partial charge in [-0.05, 0) is 18.4 Å². The maximum atomic E-state index is 10.5. The molecule has 2 N–H and O–H groups in total. The van der Waals surface area contributed by atoms with Crippen molar-refractivity contribution in [3.63, 3.8) is 0 Å². The highest BCUT2D eigenvalue weighted by molar-refractivity contribution is 5.73. The molecule has 80 valence electrons. The molecule has 0 aromatic heterocycles. The number of hydrogen-bond acceptors (Lipinski definition) is 3. The molecule has 0 fully saturated rings. The van der Waals surface area contributed by atoms with E-state index < -0.39 is 4.92 Å². The maximum absolute atomic E-state index is 10.5. The van der Waals surface area contributed by atoms with Crippen molar-refractivity contribution in [2.45, 2.75) is 19.3 Å². The van der Waals surface area contributed by atoms with E-state index in [4.69, 9.17) is 5.73 Å². The minimum Gasteiger partial charge on any atom is -0.370 e. The van der Waals surface area contributed by atoms with Gasteiger partial charge in [0, 0.05) is 18.6 Å². The predicted octanol–water partition coefficient (Wildman–Crippen LogP) is 1.40. The third kappa shape index (κ3) is 3.76. The molecule has 1 amide bonds. The zero-order valence-corrected chi connectivity index (χ0v) is 8.18.